The van der Waals surface area contributed by atoms with Crippen LogP contribution in [-0.2, 0) is 30.9 Å². The number of aromatic nitrogens is 2. The van der Waals surface area contributed by atoms with E-state index in [1.54, 1.807) is 4.90 Å². The van der Waals surface area contributed by atoms with Crippen molar-refractivity contribution >= 4 is 28.4 Å². The summed E-state index contributed by atoms with van der Waals surface area (Å²) in [6.45, 7) is 4.99. The van der Waals surface area contributed by atoms with E-state index in [0.29, 0.717) is 51.4 Å². The molecule has 2 atom stereocenters. The fraction of sp³-hybridized carbons (Fsp3) is 0.364. The minimum absolute atomic E-state index is 0.184. The maximum atomic E-state index is 13.3. The number of nitrogens with zero attached hydrogens (tertiary/aromatic N) is 7. The van der Waals surface area contributed by atoms with Gasteiger partial charge in [0, 0.05) is 54.9 Å². The molecule has 2 saturated heterocycles. The number of piperazine rings is 1. The summed E-state index contributed by atoms with van der Waals surface area (Å²) in [6.07, 6.45) is 2.73. The first kappa shape index (κ1) is 36.1. The average molecular weight is 738 g/mol. The van der Waals surface area contributed by atoms with Crippen molar-refractivity contribution in [3.63, 3.8) is 0 Å². The smallest absolute Gasteiger partial charge is 0.410 e. The lowest BCUT2D eigenvalue weighted by Crippen LogP contribution is -2.55. The zero-order valence-corrected chi connectivity index (χ0v) is 31.3. The Morgan fingerprint density at radius 1 is 0.836 bits per heavy atom. The van der Waals surface area contributed by atoms with E-state index < -0.39 is 6.09 Å². The number of likely N-dealkylation sites (N-methyl/N-ethyl adjacent to an activating group) is 1. The standard InChI is InChI=1S/C44H47N7O4/c1-48-21-10-16-36(48)31-54-43-46-40-28-49(41-26-37(25-34-15-8-9-17-38(34)41)53-29-32-11-4-2-5-12-32)22-19-39(40)42(47-43)50-23-24-51(35(27-50)18-20-45)44(52)55-30-33-13-6-3-7-14-33/h2-9,11-15,17,25-26,35-36H,10,16,18-19,21-24,27-31H2,1H3/t35-,36+/m0/s1. The Morgan fingerprint density at radius 3 is 2.36 bits per heavy atom. The topological polar surface area (TPSA) is 107 Å². The Bertz CT molecular complexity index is 2140. The molecule has 3 aliphatic rings. The van der Waals surface area contributed by atoms with Gasteiger partial charge in [0.05, 0.1) is 30.8 Å². The molecular weight excluding hydrogens is 691 g/mol. The number of nitriles is 1. The van der Waals surface area contributed by atoms with Crippen LogP contribution in [0.15, 0.2) is 97.1 Å². The van der Waals surface area contributed by atoms with E-state index in [-0.39, 0.29) is 19.1 Å². The number of carbonyl (C=O) groups excluding carboxylic acids is 1. The summed E-state index contributed by atoms with van der Waals surface area (Å²) in [5.74, 6) is 1.64. The molecule has 0 bridgehead atoms. The average Bonchev–Trinajstić information content (AvgIpc) is 3.65. The van der Waals surface area contributed by atoms with Gasteiger partial charge in [0.1, 0.15) is 31.4 Å². The molecule has 1 aromatic heterocycles. The molecule has 0 radical (unpaired) electrons. The fourth-order valence-corrected chi connectivity index (χ4v) is 8.00. The van der Waals surface area contributed by atoms with Gasteiger partial charge in [0.2, 0.25) is 0 Å². The van der Waals surface area contributed by atoms with Gasteiger partial charge in [-0.25, -0.2) is 4.79 Å². The van der Waals surface area contributed by atoms with Gasteiger partial charge in [-0.2, -0.15) is 15.2 Å². The molecule has 4 aromatic carbocycles. The quantitative estimate of drug-likeness (QED) is 0.141. The first-order valence-corrected chi connectivity index (χ1v) is 19.3. The number of ether oxygens (including phenoxy) is 3. The molecule has 0 aliphatic carbocycles. The summed E-state index contributed by atoms with van der Waals surface area (Å²) in [5.41, 5.74) is 5.14. The molecule has 11 heteroatoms. The van der Waals surface area contributed by atoms with Crippen molar-refractivity contribution in [1.82, 2.24) is 19.8 Å². The molecule has 5 aromatic rings. The summed E-state index contributed by atoms with van der Waals surface area (Å²) in [7, 11) is 2.14. The Kier molecular flexibility index (Phi) is 10.9. The van der Waals surface area contributed by atoms with E-state index in [9.17, 15) is 10.1 Å². The Morgan fingerprint density at radius 2 is 1.60 bits per heavy atom. The van der Waals surface area contributed by atoms with Crippen molar-refractivity contribution in [3.05, 3.63) is 119 Å². The molecule has 0 N–H and O–H groups in total. The first-order valence-electron chi connectivity index (χ1n) is 19.3. The third-order valence-corrected chi connectivity index (χ3v) is 11.1. The lowest BCUT2D eigenvalue weighted by molar-refractivity contribution is 0.0767. The fourth-order valence-electron chi connectivity index (χ4n) is 8.00. The van der Waals surface area contributed by atoms with E-state index in [4.69, 9.17) is 24.2 Å². The number of carbonyl (C=O) groups is 1. The lowest BCUT2D eigenvalue weighted by atomic mass is 10.0. The van der Waals surface area contributed by atoms with Crippen LogP contribution in [0.5, 0.6) is 11.8 Å². The summed E-state index contributed by atoms with van der Waals surface area (Å²) in [6, 6.07) is 35.2. The highest BCUT2D eigenvalue weighted by Gasteiger charge is 2.35. The predicted octanol–water partition coefficient (Wildman–Crippen LogP) is 6.99. The number of amides is 1. The molecule has 1 amide bonds. The minimum atomic E-state index is -0.406. The van der Waals surface area contributed by atoms with Crippen molar-refractivity contribution in [3.8, 4) is 17.8 Å². The number of likely N-dealkylation sites (tertiary alicyclic amines) is 1. The molecule has 0 unspecified atom stereocenters. The van der Waals surface area contributed by atoms with Crippen molar-refractivity contribution in [2.45, 2.75) is 57.5 Å². The molecular formula is C44H47N7O4. The number of benzene rings is 4. The van der Waals surface area contributed by atoms with Crippen LogP contribution >= 0.6 is 0 Å². The Hall–Kier alpha value is -5.86. The summed E-state index contributed by atoms with van der Waals surface area (Å²) < 4.78 is 18.5. The Balaban J connectivity index is 1.07. The Labute approximate surface area is 322 Å². The van der Waals surface area contributed by atoms with Gasteiger partial charge in [0.15, 0.2) is 0 Å². The van der Waals surface area contributed by atoms with E-state index >= 15 is 0 Å². The van der Waals surface area contributed by atoms with Gasteiger partial charge in [0.25, 0.3) is 0 Å². The highest BCUT2D eigenvalue weighted by molar-refractivity contribution is 5.96. The van der Waals surface area contributed by atoms with Crippen LogP contribution in [-0.4, -0.2) is 84.3 Å². The van der Waals surface area contributed by atoms with Crippen LogP contribution in [0.4, 0.5) is 16.3 Å². The van der Waals surface area contributed by atoms with Crippen LogP contribution in [0.3, 0.4) is 0 Å². The van der Waals surface area contributed by atoms with Crippen LogP contribution in [0.25, 0.3) is 10.8 Å². The van der Waals surface area contributed by atoms with Crippen molar-refractivity contribution in [1.29, 1.82) is 5.26 Å². The third-order valence-electron chi connectivity index (χ3n) is 11.1. The number of rotatable bonds is 11. The van der Waals surface area contributed by atoms with Crippen LogP contribution in [0.2, 0.25) is 0 Å². The largest absolute Gasteiger partial charge is 0.489 e. The van der Waals surface area contributed by atoms with Crippen molar-refractivity contribution in [2.24, 2.45) is 0 Å². The second-order valence-corrected chi connectivity index (χ2v) is 14.6. The van der Waals surface area contributed by atoms with E-state index in [0.717, 1.165) is 82.8 Å². The second-order valence-electron chi connectivity index (χ2n) is 14.6. The number of hydrogen-bond acceptors (Lipinski definition) is 10. The van der Waals surface area contributed by atoms with Gasteiger partial charge < -0.3 is 33.8 Å². The summed E-state index contributed by atoms with van der Waals surface area (Å²) in [5, 5.41) is 12.1. The van der Waals surface area contributed by atoms with E-state index in [1.807, 2.05) is 48.5 Å². The second kappa shape index (κ2) is 16.7. The lowest BCUT2D eigenvalue weighted by Gasteiger charge is -2.42. The molecule has 282 valence electrons. The predicted molar refractivity (Wildman–Crippen MR) is 212 cm³/mol. The van der Waals surface area contributed by atoms with Gasteiger partial charge >= 0.3 is 12.1 Å². The van der Waals surface area contributed by atoms with Gasteiger partial charge in [-0.05, 0) is 55.4 Å². The van der Waals surface area contributed by atoms with Crippen LogP contribution < -0.4 is 19.3 Å². The van der Waals surface area contributed by atoms with Crippen molar-refractivity contribution < 1.29 is 19.0 Å². The molecule has 55 heavy (non-hydrogen) atoms. The maximum absolute atomic E-state index is 13.3. The number of anilines is 2. The zero-order chi connectivity index (χ0) is 37.6. The van der Waals surface area contributed by atoms with E-state index in [2.05, 4.69) is 76.3 Å². The van der Waals surface area contributed by atoms with Gasteiger partial charge in [-0.3, -0.25) is 0 Å². The summed E-state index contributed by atoms with van der Waals surface area (Å²) >= 11 is 0. The number of fused-ring (bicyclic) bond motifs is 2. The van der Waals surface area contributed by atoms with E-state index in [1.165, 1.54) is 0 Å². The minimum Gasteiger partial charge on any atom is -0.489 e. The molecule has 4 heterocycles. The zero-order valence-electron chi connectivity index (χ0n) is 31.3. The molecule has 2 fully saturated rings. The molecule has 0 spiro atoms. The monoisotopic (exact) mass is 737 g/mol. The van der Waals surface area contributed by atoms with Crippen molar-refractivity contribution in [2.75, 3.05) is 56.2 Å². The number of hydrogen-bond donors (Lipinski definition) is 0. The van der Waals surface area contributed by atoms with Gasteiger partial charge in [-0.1, -0.05) is 84.9 Å². The first-order chi connectivity index (χ1) is 27.0. The maximum Gasteiger partial charge on any atom is 0.410 e. The molecule has 0 saturated carbocycles. The highest BCUT2D eigenvalue weighted by Crippen LogP contribution is 2.37. The molecule has 11 nitrogen and oxygen atoms in total. The summed E-state index contributed by atoms with van der Waals surface area (Å²) in [4.78, 5) is 32.1. The van der Waals surface area contributed by atoms with Crippen LogP contribution in [0, 0.1) is 11.3 Å². The van der Waals surface area contributed by atoms with Gasteiger partial charge in [-0.15, -0.1) is 0 Å². The molecule has 8 rings (SSSR count). The SMILES string of the molecule is CN1CCC[C@@H]1COc1nc2c(c(N3CCN(C(=O)OCc4ccccc4)[C@@H](CC#N)C3)n1)CCN(c1cc(OCc3ccccc3)cc3ccccc13)C2. The van der Waals surface area contributed by atoms with Crippen LogP contribution in [0.1, 0.15) is 41.6 Å². The normalized spacial score (nSPS) is 18.5. The third kappa shape index (κ3) is 8.30. The highest BCUT2D eigenvalue weighted by atomic mass is 16.6. The molecule has 3 aliphatic heterocycles.